The Morgan fingerprint density at radius 3 is 1.31 bits per heavy atom. The Bertz CT molecular complexity index is 341. The molecule has 2 aromatic carbocycles. The van der Waals surface area contributed by atoms with Crippen molar-refractivity contribution >= 4 is 0 Å². The van der Waals surface area contributed by atoms with E-state index in [1.807, 2.05) is 0 Å². The zero-order valence-corrected chi connectivity index (χ0v) is 9.80. The van der Waals surface area contributed by atoms with Crippen LogP contribution in [0.1, 0.15) is 24.0 Å². The summed E-state index contributed by atoms with van der Waals surface area (Å²) in [6.45, 7) is 2.24. The van der Waals surface area contributed by atoms with Crippen LogP contribution in [0, 0.1) is 0 Å². The maximum atomic E-state index is 7.00. The van der Waals surface area contributed by atoms with Gasteiger partial charge in [0.25, 0.3) is 0 Å². The molecule has 0 heterocycles. The summed E-state index contributed by atoms with van der Waals surface area (Å²) >= 11 is 0. The van der Waals surface area contributed by atoms with Gasteiger partial charge in [-0.15, -0.1) is 0 Å². The molecule has 1 N–H and O–H groups in total. The molecule has 0 atom stereocenters. The van der Waals surface area contributed by atoms with Crippen LogP contribution in [-0.4, -0.2) is 12.2 Å². The van der Waals surface area contributed by atoms with E-state index in [1.54, 1.807) is 0 Å². The summed E-state index contributed by atoms with van der Waals surface area (Å²) in [4.78, 5) is 0. The summed E-state index contributed by atoms with van der Waals surface area (Å²) in [5, 5.41) is 7.00. The number of hydrogen-bond acceptors (Lipinski definition) is 1. The van der Waals surface area contributed by atoms with Crippen molar-refractivity contribution in [1.82, 2.24) is 0 Å². The summed E-state index contributed by atoms with van der Waals surface area (Å²) in [5.74, 6) is 0.484. The van der Waals surface area contributed by atoms with Crippen molar-refractivity contribution in [1.29, 1.82) is 0 Å². The molecule has 0 aliphatic heterocycles. The van der Waals surface area contributed by atoms with Crippen LogP contribution in [0.15, 0.2) is 60.7 Å². The predicted molar refractivity (Wildman–Crippen MR) is 68.5 cm³/mol. The second-order valence-corrected chi connectivity index (χ2v) is 3.54. The first kappa shape index (κ1) is 12.5. The van der Waals surface area contributed by atoms with Crippen LogP contribution in [0.5, 0.6) is 0 Å². The Morgan fingerprint density at radius 1 is 0.688 bits per heavy atom. The highest BCUT2D eigenvalue weighted by molar-refractivity contribution is 5.31. The van der Waals surface area contributed by atoms with E-state index in [9.17, 15) is 0 Å². The molecule has 84 valence electrons. The summed E-state index contributed by atoms with van der Waals surface area (Å²) in [7, 11) is 1.00. The van der Waals surface area contributed by atoms with E-state index < -0.39 is 0 Å². The van der Waals surface area contributed by atoms with Gasteiger partial charge in [-0.05, 0) is 11.1 Å². The second kappa shape index (κ2) is 6.81. The number of benzene rings is 2. The minimum atomic E-state index is 0.484. The van der Waals surface area contributed by atoms with E-state index in [0.29, 0.717) is 5.92 Å². The summed E-state index contributed by atoms with van der Waals surface area (Å²) in [5.41, 5.74) is 2.75. The molecule has 16 heavy (non-hydrogen) atoms. The first-order valence-electron chi connectivity index (χ1n) is 5.42. The Morgan fingerprint density at radius 2 is 1.00 bits per heavy atom. The minimum Gasteiger partial charge on any atom is -0.400 e. The average Bonchev–Trinajstić information content (AvgIpc) is 2.42. The summed E-state index contributed by atoms with van der Waals surface area (Å²) in [6.07, 6.45) is 0. The van der Waals surface area contributed by atoms with Crippen LogP contribution >= 0.6 is 0 Å². The van der Waals surface area contributed by atoms with Crippen molar-refractivity contribution in [2.75, 3.05) is 7.11 Å². The lowest BCUT2D eigenvalue weighted by Gasteiger charge is -2.11. The van der Waals surface area contributed by atoms with E-state index in [0.717, 1.165) is 7.11 Å². The van der Waals surface area contributed by atoms with E-state index in [1.165, 1.54) is 11.1 Å². The van der Waals surface area contributed by atoms with Crippen molar-refractivity contribution in [3.63, 3.8) is 0 Å². The van der Waals surface area contributed by atoms with Gasteiger partial charge in [0.2, 0.25) is 0 Å². The van der Waals surface area contributed by atoms with Crippen molar-refractivity contribution in [3.8, 4) is 0 Å². The van der Waals surface area contributed by atoms with Gasteiger partial charge >= 0.3 is 0 Å². The largest absolute Gasteiger partial charge is 0.400 e. The van der Waals surface area contributed by atoms with Gasteiger partial charge in [-0.1, -0.05) is 67.6 Å². The number of hydrogen-bond donors (Lipinski definition) is 1. The van der Waals surface area contributed by atoms with Gasteiger partial charge in [0.1, 0.15) is 0 Å². The highest BCUT2D eigenvalue weighted by Gasteiger charge is 2.05. The molecule has 0 bridgehead atoms. The molecular formula is C15H18O. The highest BCUT2D eigenvalue weighted by atomic mass is 16.2. The van der Waals surface area contributed by atoms with Gasteiger partial charge < -0.3 is 5.11 Å². The fourth-order valence-corrected chi connectivity index (χ4v) is 1.68. The highest BCUT2D eigenvalue weighted by Crippen LogP contribution is 2.22. The third kappa shape index (κ3) is 3.21. The molecule has 2 rings (SSSR count). The molecule has 0 aliphatic carbocycles. The van der Waals surface area contributed by atoms with Crippen LogP contribution in [0.3, 0.4) is 0 Å². The molecular weight excluding hydrogens is 196 g/mol. The minimum absolute atomic E-state index is 0.484. The van der Waals surface area contributed by atoms with Crippen LogP contribution in [0.25, 0.3) is 0 Å². The first-order chi connectivity index (χ1) is 7.88. The van der Waals surface area contributed by atoms with Gasteiger partial charge in [-0.25, -0.2) is 0 Å². The quantitative estimate of drug-likeness (QED) is 0.811. The first-order valence-corrected chi connectivity index (χ1v) is 5.42. The molecule has 0 fully saturated rings. The summed E-state index contributed by atoms with van der Waals surface area (Å²) in [6, 6.07) is 21.2. The lowest BCUT2D eigenvalue weighted by Crippen LogP contribution is -1.94. The van der Waals surface area contributed by atoms with Gasteiger partial charge in [0.05, 0.1) is 0 Å². The Labute approximate surface area is 97.4 Å². The lowest BCUT2D eigenvalue weighted by molar-refractivity contribution is 0.399. The van der Waals surface area contributed by atoms with Crippen molar-refractivity contribution in [2.45, 2.75) is 12.8 Å². The lowest BCUT2D eigenvalue weighted by atomic mass is 9.93. The maximum Gasteiger partial charge on any atom is 0.0319 e. The predicted octanol–water partition coefficient (Wildman–Crippen LogP) is 3.45. The van der Waals surface area contributed by atoms with Gasteiger partial charge in [-0.2, -0.15) is 0 Å². The van der Waals surface area contributed by atoms with Crippen molar-refractivity contribution < 1.29 is 5.11 Å². The third-order valence-electron chi connectivity index (χ3n) is 2.60. The number of rotatable bonds is 2. The Balaban J connectivity index is 0.000000606. The van der Waals surface area contributed by atoms with Gasteiger partial charge in [0, 0.05) is 13.0 Å². The van der Waals surface area contributed by atoms with E-state index in [2.05, 4.69) is 67.6 Å². The average molecular weight is 214 g/mol. The zero-order valence-electron chi connectivity index (χ0n) is 9.80. The molecule has 0 aliphatic rings. The molecule has 0 aromatic heterocycles. The van der Waals surface area contributed by atoms with Crippen molar-refractivity contribution in [2.24, 2.45) is 0 Å². The fraction of sp³-hybridized carbons (Fsp3) is 0.200. The molecule has 0 radical (unpaired) electrons. The van der Waals surface area contributed by atoms with Crippen LogP contribution in [0.2, 0.25) is 0 Å². The molecule has 1 heteroatoms. The monoisotopic (exact) mass is 214 g/mol. The zero-order chi connectivity index (χ0) is 11.8. The normalized spacial score (nSPS) is 9.50. The molecule has 2 aromatic rings. The number of aliphatic hydroxyl groups is 1. The Hall–Kier alpha value is -1.60. The SMILES string of the molecule is CC(c1ccccc1)c1ccccc1.CO. The maximum absolute atomic E-state index is 7.00. The van der Waals surface area contributed by atoms with E-state index in [-0.39, 0.29) is 0 Å². The molecule has 0 saturated heterocycles. The molecule has 0 unspecified atom stereocenters. The van der Waals surface area contributed by atoms with Crippen LogP contribution in [0.4, 0.5) is 0 Å². The van der Waals surface area contributed by atoms with Gasteiger partial charge in [0.15, 0.2) is 0 Å². The smallest absolute Gasteiger partial charge is 0.0319 e. The fourth-order valence-electron chi connectivity index (χ4n) is 1.68. The standard InChI is InChI=1S/C14H14.CH4O/c1-12(13-8-4-2-5-9-13)14-10-6-3-7-11-14;1-2/h2-12H,1H3;2H,1H3. The topological polar surface area (TPSA) is 20.2 Å². The van der Waals surface area contributed by atoms with E-state index >= 15 is 0 Å². The molecule has 0 amide bonds. The summed E-state index contributed by atoms with van der Waals surface area (Å²) < 4.78 is 0. The second-order valence-electron chi connectivity index (χ2n) is 3.54. The molecule has 1 nitrogen and oxygen atoms in total. The Kier molecular flexibility index (Phi) is 5.30. The van der Waals surface area contributed by atoms with Gasteiger partial charge in [-0.3, -0.25) is 0 Å². The molecule has 0 saturated carbocycles. The van der Waals surface area contributed by atoms with Crippen molar-refractivity contribution in [3.05, 3.63) is 71.8 Å². The van der Waals surface area contributed by atoms with E-state index in [4.69, 9.17) is 5.11 Å². The number of aliphatic hydroxyl groups excluding tert-OH is 1. The van der Waals surface area contributed by atoms with Crippen LogP contribution in [-0.2, 0) is 0 Å². The van der Waals surface area contributed by atoms with Crippen LogP contribution < -0.4 is 0 Å². The third-order valence-corrected chi connectivity index (χ3v) is 2.60. The molecule has 0 spiro atoms.